The summed E-state index contributed by atoms with van der Waals surface area (Å²) in [6.07, 6.45) is 0.794. The lowest BCUT2D eigenvalue weighted by atomic mass is 10.1. The van der Waals surface area contributed by atoms with Gasteiger partial charge in [0.25, 0.3) is 0 Å². The average molecular weight is 218 g/mol. The minimum absolute atomic E-state index is 0.0439. The number of hydrazone groups is 1. The molecule has 0 bridgehead atoms. The van der Waals surface area contributed by atoms with Gasteiger partial charge >= 0.3 is 0 Å². The van der Waals surface area contributed by atoms with E-state index in [0.29, 0.717) is 0 Å². The lowest BCUT2D eigenvalue weighted by Crippen LogP contribution is -2.24. The van der Waals surface area contributed by atoms with Gasteiger partial charge in [-0.3, -0.25) is 4.79 Å². The fraction of sp³-hybridized carbons (Fsp3) is 0.385. The predicted molar refractivity (Wildman–Crippen MR) is 66.3 cm³/mol. The summed E-state index contributed by atoms with van der Waals surface area (Å²) in [5, 5.41) is 4.15. The Morgan fingerprint density at radius 2 is 1.94 bits per heavy atom. The van der Waals surface area contributed by atoms with Gasteiger partial charge < -0.3 is 0 Å². The summed E-state index contributed by atoms with van der Waals surface area (Å²) in [6.45, 7) is 5.71. The molecule has 0 aromatic heterocycles. The van der Waals surface area contributed by atoms with E-state index in [1.807, 2.05) is 51.1 Å². The lowest BCUT2D eigenvalue weighted by Gasteiger charge is -2.06. The molecule has 0 heterocycles. The highest BCUT2D eigenvalue weighted by molar-refractivity contribution is 6.00. The van der Waals surface area contributed by atoms with Crippen molar-refractivity contribution >= 4 is 11.6 Å². The van der Waals surface area contributed by atoms with Crippen LogP contribution in [0.4, 0.5) is 0 Å². The van der Waals surface area contributed by atoms with E-state index in [2.05, 4.69) is 10.5 Å². The summed E-state index contributed by atoms with van der Waals surface area (Å²) in [7, 11) is 0. The number of nitrogens with zero attached hydrogens (tertiary/aromatic N) is 1. The standard InChI is InChI=1S/C13H18N2O/c1-4-12(11-8-6-5-7-9-11)14-15-13(16)10(2)3/h5-10H,4H2,1-3H3,(H,15,16). The smallest absolute Gasteiger partial charge is 0.242 e. The Kier molecular flexibility index (Phi) is 4.70. The molecule has 0 unspecified atom stereocenters. The minimum atomic E-state index is -0.0538. The Hall–Kier alpha value is -1.64. The van der Waals surface area contributed by atoms with Crippen LogP contribution in [0.2, 0.25) is 0 Å². The normalized spacial score (nSPS) is 11.6. The fourth-order valence-electron chi connectivity index (χ4n) is 1.23. The molecule has 0 saturated heterocycles. The van der Waals surface area contributed by atoms with Crippen molar-refractivity contribution < 1.29 is 4.79 Å². The molecule has 3 nitrogen and oxygen atoms in total. The Labute approximate surface area is 96.6 Å². The first kappa shape index (κ1) is 12.4. The topological polar surface area (TPSA) is 41.5 Å². The van der Waals surface area contributed by atoms with E-state index in [1.54, 1.807) is 0 Å². The zero-order valence-corrected chi connectivity index (χ0v) is 10.0. The van der Waals surface area contributed by atoms with Crippen LogP contribution < -0.4 is 5.43 Å². The maximum Gasteiger partial charge on any atom is 0.242 e. The molecular weight excluding hydrogens is 200 g/mol. The summed E-state index contributed by atoms with van der Waals surface area (Å²) >= 11 is 0. The fourth-order valence-corrected chi connectivity index (χ4v) is 1.23. The first-order valence-electron chi connectivity index (χ1n) is 5.57. The highest BCUT2D eigenvalue weighted by Crippen LogP contribution is 2.03. The van der Waals surface area contributed by atoms with Crippen molar-refractivity contribution in [3.63, 3.8) is 0 Å². The van der Waals surface area contributed by atoms with Crippen molar-refractivity contribution in [1.29, 1.82) is 0 Å². The first-order valence-corrected chi connectivity index (χ1v) is 5.57. The number of hydrogen-bond acceptors (Lipinski definition) is 2. The molecule has 1 amide bonds. The molecule has 1 aromatic rings. The number of amides is 1. The number of carbonyl (C=O) groups is 1. The molecular formula is C13H18N2O. The second kappa shape index (κ2) is 6.05. The number of benzene rings is 1. The van der Waals surface area contributed by atoms with Crippen LogP contribution in [0.25, 0.3) is 0 Å². The Morgan fingerprint density at radius 1 is 1.31 bits per heavy atom. The van der Waals surface area contributed by atoms with Gasteiger partial charge in [-0.25, -0.2) is 5.43 Å². The molecule has 0 aliphatic carbocycles. The molecule has 0 fully saturated rings. The number of hydrogen-bond donors (Lipinski definition) is 1. The van der Waals surface area contributed by atoms with Crippen LogP contribution in [0.1, 0.15) is 32.8 Å². The number of rotatable bonds is 4. The third-order valence-corrected chi connectivity index (χ3v) is 2.27. The van der Waals surface area contributed by atoms with Gasteiger partial charge in [0.2, 0.25) is 5.91 Å². The van der Waals surface area contributed by atoms with E-state index in [0.717, 1.165) is 17.7 Å². The molecule has 1 rings (SSSR count). The van der Waals surface area contributed by atoms with Gasteiger partial charge in [-0.15, -0.1) is 0 Å². The molecule has 3 heteroatoms. The van der Waals surface area contributed by atoms with E-state index < -0.39 is 0 Å². The van der Waals surface area contributed by atoms with Crippen LogP contribution in [0.15, 0.2) is 35.4 Å². The van der Waals surface area contributed by atoms with E-state index in [4.69, 9.17) is 0 Å². The van der Waals surface area contributed by atoms with Crippen molar-refractivity contribution in [2.75, 3.05) is 0 Å². The van der Waals surface area contributed by atoms with E-state index in [1.165, 1.54) is 0 Å². The van der Waals surface area contributed by atoms with Crippen molar-refractivity contribution in [3.05, 3.63) is 35.9 Å². The maximum atomic E-state index is 11.4. The predicted octanol–water partition coefficient (Wildman–Crippen LogP) is 2.57. The molecule has 1 N–H and O–H groups in total. The Morgan fingerprint density at radius 3 is 2.44 bits per heavy atom. The van der Waals surface area contributed by atoms with Crippen LogP contribution >= 0.6 is 0 Å². The van der Waals surface area contributed by atoms with Gasteiger partial charge in [-0.2, -0.15) is 5.10 Å². The van der Waals surface area contributed by atoms with Crippen LogP contribution in [0, 0.1) is 5.92 Å². The van der Waals surface area contributed by atoms with Gasteiger partial charge in [-0.1, -0.05) is 51.1 Å². The monoisotopic (exact) mass is 218 g/mol. The number of carbonyl (C=O) groups excluding carboxylic acids is 1. The molecule has 0 spiro atoms. The van der Waals surface area contributed by atoms with Crippen LogP contribution in [-0.2, 0) is 4.79 Å². The highest BCUT2D eigenvalue weighted by atomic mass is 16.2. The lowest BCUT2D eigenvalue weighted by molar-refractivity contribution is -0.123. The molecule has 16 heavy (non-hydrogen) atoms. The molecule has 0 aliphatic rings. The largest absolute Gasteiger partial charge is 0.273 e. The summed E-state index contributed by atoms with van der Waals surface area (Å²) in [5.41, 5.74) is 4.53. The second-order valence-electron chi connectivity index (χ2n) is 3.91. The third-order valence-electron chi connectivity index (χ3n) is 2.27. The van der Waals surface area contributed by atoms with Crippen LogP contribution in [0.5, 0.6) is 0 Å². The van der Waals surface area contributed by atoms with E-state index in [9.17, 15) is 4.79 Å². The Balaban J connectivity index is 2.76. The zero-order chi connectivity index (χ0) is 12.0. The molecule has 1 aromatic carbocycles. The summed E-state index contributed by atoms with van der Waals surface area (Å²) < 4.78 is 0. The summed E-state index contributed by atoms with van der Waals surface area (Å²) in [4.78, 5) is 11.4. The molecule has 0 radical (unpaired) electrons. The van der Waals surface area contributed by atoms with Gasteiger partial charge in [0.1, 0.15) is 0 Å². The number of nitrogens with one attached hydrogen (secondary N) is 1. The highest BCUT2D eigenvalue weighted by Gasteiger charge is 2.06. The molecule has 0 atom stereocenters. The van der Waals surface area contributed by atoms with E-state index >= 15 is 0 Å². The van der Waals surface area contributed by atoms with Crippen molar-refractivity contribution in [2.45, 2.75) is 27.2 Å². The van der Waals surface area contributed by atoms with Crippen molar-refractivity contribution in [3.8, 4) is 0 Å². The first-order chi connectivity index (χ1) is 7.65. The van der Waals surface area contributed by atoms with Gasteiger partial charge in [0.05, 0.1) is 5.71 Å². The minimum Gasteiger partial charge on any atom is -0.273 e. The molecule has 0 aliphatic heterocycles. The van der Waals surface area contributed by atoms with Gasteiger partial charge in [-0.05, 0) is 12.0 Å². The van der Waals surface area contributed by atoms with Gasteiger partial charge in [0, 0.05) is 5.92 Å². The third kappa shape index (κ3) is 3.50. The van der Waals surface area contributed by atoms with Gasteiger partial charge in [0.15, 0.2) is 0 Å². The zero-order valence-electron chi connectivity index (χ0n) is 10.0. The second-order valence-corrected chi connectivity index (χ2v) is 3.91. The maximum absolute atomic E-state index is 11.4. The van der Waals surface area contributed by atoms with Crippen molar-refractivity contribution in [1.82, 2.24) is 5.43 Å². The summed E-state index contributed by atoms with van der Waals surface area (Å²) in [6, 6.07) is 9.87. The Bertz CT molecular complexity index is 369. The van der Waals surface area contributed by atoms with Crippen LogP contribution in [0.3, 0.4) is 0 Å². The SMILES string of the molecule is CCC(=NNC(=O)C(C)C)c1ccccc1. The summed E-state index contributed by atoms with van der Waals surface area (Å²) in [5.74, 6) is -0.0977. The van der Waals surface area contributed by atoms with Crippen molar-refractivity contribution in [2.24, 2.45) is 11.0 Å². The van der Waals surface area contributed by atoms with E-state index in [-0.39, 0.29) is 11.8 Å². The molecule has 0 saturated carbocycles. The van der Waals surface area contributed by atoms with Crippen LogP contribution in [-0.4, -0.2) is 11.6 Å². The average Bonchev–Trinajstić information content (AvgIpc) is 2.30. The molecule has 86 valence electrons. The quantitative estimate of drug-likeness (QED) is 0.612.